The number of fused-ring (bicyclic) bond motifs is 1. The van der Waals surface area contributed by atoms with Crippen molar-refractivity contribution in [1.82, 2.24) is 19.9 Å². The number of nitrogens with zero attached hydrogens (tertiary/aromatic N) is 3. The number of nitrogens with one attached hydrogen (secondary N) is 1. The molecule has 0 fully saturated rings. The number of carbonyl (C=O) groups is 1. The van der Waals surface area contributed by atoms with Crippen LogP contribution in [0.2, 0.25) is 0 Å². The first kappa shape index (κ1) is 21.6. The highest BCUT2D eigenvalue weighted by Crippen LogP contribution is 2.24. The minimum absolute atomic E-state index is 0.213. The molecule has 0 saturated carbocycles. The van der Waals surface area contributed by atoms with Crippen LogP contribution in [0.1, 0.15) is 46.8 Å². The lowest BCUT2D eigenvalue weighted by atomic mass is 10.1. The first-order chi connectivity index (χ1) is 15.5. The largest absolute Gasteiger partial charge is 0.493 e. The summed E-state index contributed by atoms with van der Waals surface area (Å²) in [6.45, 7) is 7.42. The van der Waals surface area contributed by atoms with Gasteiger partial charge < -0.3 is 14.6 Å². The maximum Gasteiger partial charge on any atom is 0.270 e. The van der Waals surface area contributed by atoms with Gasteiger partial charge >= 0.3 is 0 Å². The summed E-state index contributed by atoms with van der Waals surface area (Å²) >= 11 is 0. The Bertz CT molecular complexity index is 1200. The topological polar surface area (TPSA) is 69.0 Å². The molecule has 6 heteroatoms. The van der Waals surface area contributed by atoms with E-state index in [9.17, 15) is 4.79 Å². The summed E-state index contributed by atoms with van der Waals surface area (Å²) in [5.74, 6) is 1.57. The van der Waals surface area contributed by atoms with Crippen LogP contribution < -0.4 is 10.1 Å². The Morgan fingerprint density at radius 1 is 1.03 bits per heavy atom. The van der Waals surface area contributed by atoms with E-state index in [1.807, 2.05) is 31.2 Å². The van der Waals surface area contributed by atoms with Crippen LogP contribution in [0, 0.1) is 13.8 Å². The molecule has 1 atom stereocenters. The lowest BCUT2D eigenvalue weighted by Crippen LogP contribution is -2.29. The number of pyridine rings is 1. The fourth-order valence-corrected chi connectivity index (χ4v) is 3.92. The van der Waals surface area contributed by atoms with Gasteiger partial charge in [0.1, 0.15) is 17.3 Å². The highest BCUT2D eigenvalue weighted by Gasteiger charge is 2.19. The molecule has 1 amide bonds. The highest BCUT2D eigenvalue weighted by atomic mass is 16.5. The van der Waals surface area contributed by atoms with Gasteiger partial charge in [-0.15, -0.1) is 0 Å². The molecule has 1 N–H and O–H groups in total. The quantitative estimate of drug-likeness (QED) is 0.401. The second kappa shape index (κ2) is 9.64. The Kier molecular flexibility index (Phi) is 6.50. The predicted octanol–water partition coefficient (Wildman–Crippen LogP) is 5.01. The van der Waals surface area contributed by atoms with Crippen LogP contribution in [0.3, 0.4) is 0 Å². The van der Waals surface area contributed by atoms with Crippen LogP contribution in [0.15, 0.2) is 66.9 Å². The number of imidazole rings is 1. The number of para-hydroxylation sites is 3. The first-order valence-electron chi connectivity index (χ1n) is 10.9. The molecule has 0 aliphatic rings. The van der Waals surface area contributed by atoms with Gasteiger partial charge in [-0.2, -0.15) is 0 Å². The van der Waals surface area contributed by atoms with E-state index in [4.69, 9.17) is 9.72 Å². The maximum atomic E-state index is 12.6. The van der Waals surface area contributed by atoms with Gasteiger partial charge in [0.05, 0.1) is 23.7 Å². The van der Waals surface area contributed by atoms with Gasteiger partial charge in [0.2, 0.25) is 0 Å². The Labute approximate surface area is 188 Å². The number of hydrogen-bond acceptors (Lipinski definition) is 4. The van der Waals surface area contributed by atoms with Crippen molar-refractivity contribution in [2.45, 2.75) is 39.8 Å². The van der Waals surface area contributed by atoms with Crippen molar-refractivity contribution in [1.29, 1.82) is 0 Å². The summed E-state index contributed by atoms with van der Waals surface area (Å²) in [7, 11) is 0. The Balaban J connectivity index is 1.49. The van der Waals surface area contributed by atoms with Crippen molar-refractivity contribution in [3.05, 3.63) is 89.5 Å². The molecule has 0 bridgehead atoms. The Morgan fingerprint density at radius 3 is 2.53 bits per heavy atom. The fraction of sp³-hybridized carbons (Fsp3) is 0.269. The van der Waals surface area contributed by atoms with Crippen molar-refractivity contribution >= 4 is 16.9 Å². The standard InChI is InChI=1S/C26H28N4O2/c1-18-10-8-11-19(2)24(18)32-17-9-16-30-23-14-5-4-12-21(23)29-25(30)20(3)28-26(31)22-13-6-7-15-27-22/h4-8,10-15,20H,9,16-17H2,1-3H3,(H,28,31). The van der Waals surface area contributed by atoms with Crippen LogP contribution in [-0.4, -0.2) is 27.0 Å². The number of rotatable bonds is 8. The molecule has 2 aromatic heterocycles. The molecule has 1 unspecified atom stereocenters. The van der Waals surface area contributed by atoms with Crippen molar-refractivity contribution < 1.29 is 9.53 Å². The van der Waals surface area contributed by atoms with E-state index in [1.54, 1.807) is 24.4 Å². The van der Waals surface area contributed by atoms with Crippen molar-refractivity contribution in [2.75, 3.05) is 6.61 Å². The molecular formula is C26H28N4O2. The Hall–Kier alpha value is -3.67. The SMILES string of the molecule is Cc1cccc(C)c1OCCCn1c(C(C)NC(=O)c2ccccn2)nc2ccccc21. The van der Waals surface area contributed by atoms with Crippen LogP contribution >= 0.6 is 0 Å². The third-order valence-corrected chi connectivity index (χ3v) is 5.50. The number of aromatic nitrogens is 3. The molecule has 0 aliphatic heterocycles. The molecule has 2 heterocycles. The molecule has 6 nitrogen and oxygen atoms in total. The van der Waals surface area contributed by atoms with E-state index < -0.39 is 0 Å². The lowest BCUT2D eigenvalue weighted by Gasteiger charge is -2.17. The van der Waals surface area contributed by atoms with E-state index in [2.05, 4.69) is 46.9 Å². The number of carbonyl (C=O) groups excluding carboxylic acids is 1. The van der Waals surface area contributed by atoms with Crippen LogP contribution in [0.5, 0.6) is 5.75 Å². The predicted molar refractivity (Wildman–Crippen MR) is 126 cm³/mol. The highest BCUT2D eigenvalue weighted by molar-refractivity contribution is 5.92. The van der Waals surface area contributed by atoms with Crippen molar-refractivity contribution in [3.8, 4) is 5.75 Å². The number of hydrogen-bond donors (Lipinski definition) is 1. The molecule has 0 saturated heterocycles. The van der Waals surface area contributed by atoms with Gasteiger partial charge in [-0.05, 0) is 62.6 Å². The third-order valence-electron chi connectivity index (χ3n) is 5.50. The number of aryl methyl sites for hydroxylation is 3. The van der Waals surface area contributed by atoms with Gasteiger partial charge in [0.15, 0.2) is 0 Å². The average Bonchev–Trinajstić information content (AvgIpc) is 3.17. The number of benzene rings is 2. The Morgan fingerprint density at radius 2 is 1.78 bits per heavy atom. The molecule has 2 aromatic carbocycles. The fourth-order valence-electron chi connectivity index (χ4n) is 3.92. The van der Waals surface area contributed by atoms with Crippen molar-refractivity contribution in [2.24, 2.45) is 0 Å². The molecule has 0 radical (unpaired) electrons. The minimum Gasteiger partial charge on any atom is -0.493 e. The smallest absolute Gasteiger partial charge is 0.270 e. The van der Waals surface area contributed by atoms with Gasteiger partial charge in [-0.1, -0.05) is 36.4 Å². The summed E-state index contributed by atoms with van der Waals surface area (Å²) in [4.78, 5) is 21.6. The summed E-state index contributed by atoms with van der Waals surface area (Å²) in [6.07, 6.45) is 2.44. The van der Waals surface area contributed by atoms with Crippen LogP contribution in [0.25, 0.3) is 11.0 Å². The molecule has 0 spiro atoms. The molecule has 0 aliphatic carbocycles. The maximum absolute atomic E-state index is 12.6. The normalized spacial score (nSPS) is 12.0. The molecule has 4 aromatic rings. The summed E-state index contributed by atoms with van der Waals surface area (Å²) in [6, 6.07) is 19.2. The van der Waals surface area contributed by atoms with E-state index in [0.717, 1.165) is 46.7 Å². The number of ether oxygens (including phenoxy) is 1. The van der Waals surface area contributed by atoms with Crippen molar-refractivity contribution in [3.63, 3.8) is 0 Å². The van der Waals surface area contributed by atoms with E-state index >= 15 is 0 Å². The zero-order chi connectivity index (χ0) is 22.5. The minimum atomic E-state index is -0.267. The van der Waals surface area contributed by atoms with E-state index in [1.165, 1.54) is 0 Å². The zero-order valence-corrected chi connectivity index (χ0v) is 18.7. The van der Waals surface area contributed by atoms with Gasteiger partial charge in [0, 0.05) is 12.7 Å². The summed E-state index contributed by atoms with van der Waals surface area (Å²) in [5, 5.41) is 3.03. The van der Waals surface area contributed by atoms with Crippen LogP contribution in [-0.2, 0) is 6.54 Å². The van der Waals surface area contributed by atoms with E-state index in [0.29, 0.717) is 12.3 Å². The lowest BCUT2D eigenvalue weighted by molar-refractivity contribution is 0.0932. The second-order valence-electron chi connectivity index (χ2n) is 7.94. The molecule has 164 valence electrons. The molecule has 4 rings (SSSR count). The zero-order valence-electron chi connectivity index (χ0n) is 18.7. The molecule has 32 heavy (non-hydrogen) atoms. The molecular weight excluding hydrogens is 400 g/mol. The summed E-state index contributed by atoms with van der Waals surface area (Å²) in [5.41, 5.74) is 4.64. The first-order valence-corrected chi connectivity index (χ1v) is 10.9. The second-order valence-corrected chi connectivity index (χ2v) is 7.94. The van der Waals surface area contributed by atoms with Gasteiger partial charge in [0.25, 0.3) is 5.91 Å². The monoisotopic (exact) mass is 428 g/mol. The third kappa shape index (κ3) is 4.64. The van der Waals surface area contributed by atoms with Crippen LogP contribution in [0.4, 0.5) is 0 Å². The summed E-state index contributed by atoms with van der Waals surface area (Å²) < 4.78 is 8.26. The number of amides is 1. The van der Waals surface area contributed by atoms with E-state index in [-0.39, 0.29) is 11.9 Å². The van der Waals surface area contributed by atoms with Gasteiger partial charge in [-0.3, -0.25) is 9.78 Å². The average molecular weight is 429 g/mol. The van der Waals surface area contributed by atoms with Gasteiger partial charge in [-0.25, -0.2) is 4.98 Å².